The molecule has 0 spiro atoms. The maximum atomic E-state index is 5.14. The predicted molar refractivity (Wildman–Crippen MR) is 130 cm³/mol. The fourth-order valence-corrected chi connectivity index (χ4v) is 8.36. The van der Waals surface area contributed by atoms with Gasteiger partial charge in [0.25, 0.3) is 0 Å². The molecule has 31 heavy (non-hydrogen) atoms. The summed E-state index contributed by atoms with van der Waals surface area (Å²) in [6.45, 7) is 4.23. The van der Waals surface area contributed by atoms with Crippen molar-refractivity contribution in [3.05, 3.63) is 102 Å². The summed E-state index contributed by atoms with van der Waals surface area (Å²) in [6, 6.07) is 29.7. The third-order valence-electron chi connectivity index (χ3n) is 5.42. The first kappa shape index (κ1) is 20.1. The molecule has 5 aromatic rings. The average molecular weight is 487 g/mol. The van der Waals surface area contributed by atoms with Gasteiger partial charge in [0.2, 0.25) is 0 Å². The number of aromatic nitrogens is 4. The van der Waals surface area contributed by atoms with E-state index in [-0.39, 0.29) is 0 Å². The molecule has 4 nitrogen and oxygen atoms in total. The minimum absolute atomic E-state index is 0.793. The van der Waals surface area contributed by atoms with Gasteiger partial charge in [-0.1, -0.05) is 0 Å². The van der Waals surface area contributed by atoms with Crippen molar-refractivity contribution in [3.63, 3.8) is 0 Å². The summed E-state index contributed by atoms with van der Waals surface area (Å²) in [5.41, 5.74) is 4.05. The molecule has 0 bridgehead atoms. The fraction of sp³-hybridized carbons (Fsp3) is 0.0800. The van der Waals surface area contributed by atoms with Crippen LogP contribution in [0.3, 0.4) is 0 Å². The van der Waals surface area contributed by atoms with Crippen molar-refractivity contribution in [1.29, 1.82) is 0 Å². The SMILES string of the molecule is Cc1ccc(P(=[Se])(c2ccc(C)cc2)c2cccc(-c3nnn4ccccc34)n2)cc1. The second-order valence-electron chi connectivity index (χ2n) is 7.63. The minimum atomic E-state index is -2.05. The molecule has 0 aliphatic rings. The van der Waals surface area contributed by atoms with Crippen molar-refractivity contribution in [2.45, 2.75) is 13.8 Å². The van der Waals surface area contributed by atoms with Crippen LogP contribution in [0.4, 0.5) is 0 Å². The van der Waals surface area contributed by atoms with E-state index in [4.69, 9.17) is 4.98 Å². The third kappa shape index (κ3) is 3.59. The molecular weight excluding hydrogens is 466 g/mol. The van der Waals surface area contributed by atoms with Gasteiger partial charge in [-0.3, -0.25) is 0 Å². The van der Waals surface area contributed by atoms with E-state index in [1.165, 1.54) is 21.7 Å². The van der Waals surface area contributed by atoms with Crippen LogP contribution < -0.4 is 16.0 Å². The topological polar surface area (TPSA) is 43.1 Å². The van der Waals surface area contributed by atoms with Crippen molar-refractivity contribution in [3.8, 4) is 11.4 Å². The van der Waals surface area contributed by atoms with E-state index in [1.807, 2.05) is 30.5 Å². The summed E-state index contributed by atoms with van der Waals surface area (Å²) < 4.78 is 1.78. The van der Waals surface area contributed by atoms with Crippen molar-refractivity contribution in [2.75, 3.05) is 0 Å². The number of fused-ring (bicyclic) bond motifs is 1. The molecule has 152 valence electrons. The first-order chi connectivity index (χ1) is 15.1. The van der Waals surface area contributed by atoms with Gasteiger partial charge in [0.1, 0.15) is 0 Å². The molecule has 3 heterocycles. The Balaban J connectivity index is 1.72. The summed E-state index contributed by atoms with van der Waals surface area (Å²) in [5, 5.41) is 11.2. The quantitative estimate of drug-likeness (QED) is 0.286. The predicted octanol–water partition coefficient (Wildman–Crippen LogP) is 3.79. The molecule has 0 saturated heterocycles. The Bertz CT molecular complexity index is 1370. The van der Waals surface area contributed by atoms with Crippen LogP contribution in [-0.2, 0) is 0 Å². The monoisotopic (exact) mass is 488 g/mol. The van der Waals surface area contributed by atoms with Crippen LogP contribution in [0, 0.1) is 13.8 Å². The molecule has 3 aromatic heterocycles. The molecule has 0 aliphatic carbocycles. The number of hydrogen-bond acceptors (Lipinski definition) is 3. The van der Waals surface area contributed by atoms with Gasteiger partial charge in [0.15, 0.2) is 0 Å². The summed E-state index contributed by atoms with van der Waals surface area (Å²) in [6.07, 6.45) is 1.90. The number of benzene rings is 2. The van der Waals surface area contributed by atoms with Crippen molar-refractivity contribution in [2.24, 2.45) is 0 Å². The van der Waals surface area contributed by atoms with Crippen molar-refractivity contribution < 1.29 is 0 Å². The second-order valence-corrected chi connectivity index (χ2v) is 13.8. The number of aryl methyl sites for hydroxylation is 2. The first-order valence-electron chi connectivity index (χ1n) is 10.1. The van der Waals surface area contributed by atoms with Gasteiger partial charge in [-0.15, -0.1) is 0 Å². The molecule has 0 atom stereocenters. The van der Waals surface area contributed by atoms with Gasteiger partial charge in [-0.25, -0.2) is 0 Å². The molecular formula is C25H21N4PSe. The van der Waals surface area contributed by atoms with Crippen LogP contribution in [0.2, 0.25) is 0 Å². The summed E-state index contributed by atoms with van der Waals surface area (Å²) in [7, 11) is 0. The Morgan fingerprint density at radius 3 is 2.03 bits per heavy atom. The zero-order valence-electron chi connectivity index (χ0n) is 17.3. The first-order valence-corrected chi connectivity index (χ1v) is 14.1. The Morgan fingerprint density at radius 2 is 1.39 bits per heavy atom. The van der Waals surface area contributed by atoms with Crippen molar-refractivity contribution >= 4 is 42.2 Å². The van der Waals surface area contributed by atoms with Gasteiger partial charge >= 0.3 is 189 Å². The molecule has 0 radical (unpaired) electrons. The summed E-state index contributed by atoms with van der Waals surface area (Å²) in [4.78, 5) is 5.14. The molecule has 5 rings (SSSR count). The molecule has 0 amide bonds. The Hall–Kier alpha value is -2.84. The number of hydrogen-bond donors (Lipinski definition) is 0. The zero-order chi connectivity index (χ0) is 21.4. The van der Waals surface area contributed by atoms with Crippen LogP contribution in [-0.4, -0.2) is 34.9 Å². The van der Waals surface area contributed by atoms with Crippen LogP contribution in [0.25, 0.3) is 16.9 Å². The van der Waals surface area contributed by atoms with Crippen LogP contribution in [0.15, 0.2) is 91.1 Å². The summed E-state index contributed by atoms with van der Waals surface area (Å²) in [5.74, 6) is 0. The van der Waals surface area contributed by atoms with Gasteiger partial charge in [-0.05, 0) is 0 Å². The molecule has 0 fully saturated rings. The molecule has 2 aromatic carbocycles. The van der Waals surface area contributed by atoms with Gasteiger partial charge in [0.05, 0.1) is 0 Å². The normalized spacial score (nSPS) is 11.7. The third-order valence-corrected chi connectivity index (χ3v) is 12.2. The van der Waals surface area contributed by atoms with E-state index in [2.05, 4.69) is 99.9 Å². The zero-order valence-corrected chi connectivity index (χ0v) is 19.9. The van der Waals surface area contributed by atoms with E-state index in [1.54, 1.807) is 4.52 Å². The molecule has 0 unspecified atom stereocenters. The van der Waals surface area contributed by atoms with Gasteiger partial charge < -0.3 is 0 Å². The molecule has 0 saturated carbocycles. The van der Waals surface area contributed by atoms with Crippen molar-refractivity contribution in [1.82, 2.24) is 19.8 Å². The molecule has 0 aliphatic heterocycles. The van der Waals surface area contributed by atoms with Gasteiger partial charge in [-0.2, -0.15) is 0 Å². The fourth-order valence-electron chi connectivity index (χ4n) is 3.68. The van der Waals surface area contributed by atoms with Crippen LogP contribution in [0.5, 0.6) is 0 Å². The summed E-state index contributed by atoms with van der Waals surface area (Å²) >= 11 is 3.60. The number of rotatable bonds is 4. The van der Waals surface area contributed by atoms with E-state index in [0.717, 1.165) is 22.3 Å². The van der Waals surface area contributed by atoms with E-state index in [9.17, 15) is 0 Å². The Morgan fingerprint density at radius 1 is 0.742 bits per heavy atom. The Kier molecular flexibility index (Phi) is 5.19. The Labute approximate surface area is 189 Å². The average Bonchev–Trinajstić information content (AvgIpc) is 3.24. The van der Waals surface area contributed by atoms with E-state index >= 15 is 0 Å². The molecule has 6 heteroatoms. The molecule has 0 N–H and O–H groups in total. The number of nitrogens with zero attached hydrogens (tertiary/aromatic N) is 4. The van der Waals surface area contributed by atoms with Gasteiger partial charge in [0, 0.05) is 0 Å². The van der Waals surface area contributed by atoms with Crippen LogP contribution in [0.1, 0.15) is 11.1 Å². The number of pyridine rings is 2. The second kappa shape index (κ2) is 8.01. The maximum absolute atomic E-state index is 5.14. The van der Waals surface area contributed by atoms with E-state index < -0.39 is 5.51 Å². The van der Waals surface area contributed by atoms with E-state index in [0.29, 0.717) is 0 Å². The van der Waals surface area contributed by atoms with Crippen LogP contribution >= 0.6 is 5.51 Å². The standard InChI is InChI=1S/C25H21N4PSe/c1-18-9-13-20(14-10-18)30(31,21-15-11-19(2)12-16-21)24-8-5-6-22(26-24)25-23-7-3-4-17-29(23)28-27-25/h3-17H,1-2H3.